The average molecular weight is 279 g/mol. The molecular formula is C13H11BrO2. The van der Waals surface area contributed by atoms with Gasteiger partial charge in [0.15, 0.2) is 10.5 Å². The molecule has 2 aromatic rings. The first kappa shape index (κ1) is 11.1. The van der Waals surface area contributed by atoms with Crippen LogP contribution < -0.4 is 0 Å². The molecule has 0 fully saturated rings. The van der Waals surface area contributed by atoms with Gasteiger partial charge in [-0.25, -0.2) is 0 Å². The Labute approximate surface area is 102 Å². The Morgan fingerprint density at radius 2 is 1.94 bits per heavy atom. The quantitative estimate of drug-likeness (QED) is 0.799. The second kappa shape index (κ2) is 4.66. The molecule has 2 nitrogen and oxygen atoms in total. The summed E-state index contributed by atoms with van der Waals surface area (Å²) >= 11 is 3.20. The zero-order valence-corrected chi connectivity index (χ0v) is 10.5. The van der Waals surface area contributed by atoms with Crippen molar-refractivity contribution in [1.82, 2.24) is 0 Å². The van der Waals surface area contributed by atoms with Crippen LogP contribution >= 0.6 is 15.9 Å². The van der Waals surface area contributed by atoms with E-state index in [1.165, 1.54) is 11.8 Å². The average Bonchev–Trinajstić information content (AvgIpc) is 2.75. The van der Waals surface area contributed by atoms with E-state index in [9.17, 15) is 4.79 Å². The number of furan rings is 1. The summed E-state index contributed by atoms with van der Waals surface area (Å²) in [4.78, 5) is 12.0. The molecule has 1 aromatic carbocycles. The number of hydrogen-bond donors (Lipinski definition) is 0. The number of rotatable bonds is 3. The first-order valence-electron chi connectivity index (χ1n) is 5.09. The van der Waals surface area contributed by atoms with E-state index < -0.39 is 0 Å². The van der Waals surface area contributed by atoms with E-state index in [0.29, 0.717) is 15.8 Å². The fraction of sp³-hybridized carbons (Fsp3) is 0.154. The normalized spacial score (nSPS) is 10.4. The van der Waals surface area contributed by atoms with Gasteiger partial charge in [-0.05, 0) is 34.0 Å². The van der Waals surface area contributed by atoms with Gasteiger partial charge in [-0.1, -0.05) is 31.2 Å². The molecule has 0 N–H and O–H groups in total. The van der Waals surface area contributed by atoms with Gasteiger partial charge in [0.1, 0.15) is 0 Å². The predicted molar refractivity (Wildman–Crippen MR) is 65.7 cm³/mol. The van der Waals surface area contributed by atoms with Crippen molar-refractivity contribution in [2.75, 3.05) is 0 Å². The van der Waals surface area contributed by atoms with Crippen LogP contribution in [0, 0.1) is 0 Å². The molecule has 0 atom stereocenters. The van der Waals surface area contributed by atoms with Crippen molar-refractivity contribution in [3.63, 3.8) is 0 Å². The van der Waals surface area contributed by atoms with Gasteiger partial charge < -0.3 is 4.42 Å². The van der Waals surface area contributed by atoms with Crippen LogP contribution in [0.1, 0.15) is 28.4 Å². The standard InChI is InChI=1S/C13H11BrO2/c1-2-9-3-5-10(6-4-9)12(15)11-7-8-16-13(11)14/h3-8H,2H2,1H3. The third-order valence-corrected chi connectivity index (χ3v) is 3.10. The van der Waals surface area contributed by atoms with Crippen molar-refractivity contribution >= 4 is 21.7 Å². The molecule has 0 bridgehead atoms. The minimum atomic E-state index is -0.0247. The summed E-state index contributed by atoms with van der Waals surface area (Å²) in [6.07, 6.45) is 2.47. The second-order valence-corrected chi connectivity index (χ2v) is 4.21. The van der Waals surface area contributed by atoms with E-state index in [4.69, 9.17) is 4.42 Å². The topological polar surface area (TPSA) is 30.2 Å². The predicted octanol–water partition coefficient (Wildman–Crippen LogP) is 3.84. The molecule has 0 unspecified atom stereocenters. The summed E-state index contributed by atoms with van der Waals surface area (Å²) in [6.45, 7) is 2.09. The molecule has 2 rings (SSSR count). The summed E-state index contributed by atoms with van der Waals surface area (Å²) in [6, 6.07) is 9.31. The maximum atomic E-state index is 12.0. The largest absolute Gasteiger partial charge is 0.457 e. The molecule has 0 aliphatic heterocycles. The molecule has 0 saturated carbocycles. The number of ketones is 1. The molecule has 1 heterocycles. The van der Waals surface area contributed by atoms with Gasteiger partial charge in [-0.2, -0.15) is 0 Å². The smallest absolute Gasteiger partial charge is 0.197 e. The highest BCUT2D eigenvalue weighted by molar-refractivity contribution is 9.10. The van der Waals surface area contributed by atoms with Gasteiger partial charge >= 0.3 is 0 Å². The molecule has 0 aliphatic rings. The van der Waals surface area contributed by atoms with Crippen LogP contribution in [0.2, 0.25) is 0 Å². The summed E-state index contributed by atoms with van der Waals surface area (Å²) in [5.41, 5.74) is 2.46. The van der Waals surface area contributed by atoms with E-state index in [2.05, 4.69) is 22.9 Å². The van der Waals surface area contributed by atoms with E-state index in [-0.39, 0.29) is 5.78 Å². The number of halogens is 1. The van der Waals surface area contributed by atoms with Gasteiger partial charge in [0.2, 0.25) is 0 Å². The van der Waals surface area contributed by atoms with Crippen molar-refractivity contribution in [3.05, 3.63) is 58.0 Å². The number of benzene rings is 1. The maximum absolute atomic E-state index is 12.0. The first-order chi connectivity index (χ1) is 7.72. The highest BCUT2D eigenvalue weighted by atomic mass is 79.9. The van der Waals surface area contributed by atoms with Crippen molar-refractivity contribution in [2.45, 2.75) is 13.3 Å². The van der Waals surface area contributed by atoms with E-state index in [0.717, 1.165) is 6.42 Å². The molecule has 0 amide bonds. The molecule has 82 valence electrons. The summed E-state index contributed by atoms with van der Waals surface area (Å²) in [5, 5.41) is 0. The van der Waals surface area contributed by atoms with E-state index in [1.54, 1.807) is 6.07 Å². The molecule has 3 heteroatoms. The van der Waals surface area contributed by atoms with Gasteiger partial charge in [0.25, 0.3) is 0 Å². The molecular weight excluding hydrogens is 268 g/mol. The molecule has 0 radical (unpaired) electrons. The SMILES string of the molecule is CCc1ccc(C(=O)c2ccoc2Br)cc1. The van der Waals surface area contributed by atoms with Crippen LogP contribution in [0.5, 0.6) is 0 Å². The third kappa shape index (κ3) is 2.09. The van der Waals surface area contributed by atoms with Crippen LogP contribution in [0.15, 0.2) is 45.7 Å². The minimum absolute atomic E-state index is 0.0247. The number of hydrogen-bond acceptors (Lipinski definition) is 2. The van der Waals surface area contributed by atoms with Gasteiger partial charge in [0, 0.05) is 5.56 Å². The van der Waals surface area contributed by atoms with Gasteiger partial charge in [-0.3, -0.25) is 4.79 Å². The Balaban J connectivity index is 2.31. The fourth-order valence-electron chi connectivity index (χ4n) is 1.50. The maximum Gasteiger partial charge on any atom is 0.197 e. The van der Waals surface area contributed by atoms with Crippen molar-refractivity contribution < 1.29 is 9.21 Å². The monoisotopic (exact) mass is 278 g/mol. The Morgan fingerprint density at radius 1 is 1.25 bits per heavy atom. The van der Waals surface area contributed by atoms with E-state index >= 15 is 0 Å². The summed E-state index contributed by atoms with van der Waals surface area (Å²) in [7, 11) is 0. The minimum Gasteiger partial charge on any atom is -0.457 e. The molecule has 1 aromatic heterocycles. The summed E-state index contributed by atoms with van der Waals surface area (Å²) in [5.74, 6) is -0.0247. The Kier molecular flexibility index (Phi) is 3.25. The fourth-order valence-corrected chi connectivity index (χ4v) is 1.92. The molecule has 16 heavy (non-hydrogen) atoms. The lowest BCUT2D eigenvalue weighted by Gasteiger charge is -2.00. The van der Waals surface area contributed by atoms with Crippen LogP contribution in [-0.2, 0) is 6.42 Å². The molecule has 0 aliphatic carbocycles. The zero-order chi connectivity index (χ0) is 11.5. The first-order valence-corrected chi connectivity index (χ1v) is 5.88. The second-order valence-electron chi connectivity index (χ2n) is 3.49. The lowest BCUT2D eigenvalue weighted by Crippen LogP contribution is -2.00. The van der Waals surface area contributed by atoms with Crippen LogP contribution in [0.25, 0.3) is 0 Å². The Morgan fingerprint density at radius 3 is 2.44 bits per heavy atom. The third-order valence-electron chi connectivity index (χ3n) is 2.49. The zero-order valence-electron chi connectivity index (χ0n) is 8.87. The van der Waals surface area contributed by atoms with Crippen LogP contribution in [0.3, 0.4) is 0 Å². The Hall–Kier alpha value is -1.35. The number of aryl methyl sites for hydroxylation is 1. The van der Waals surface area contributed by atoms with E-state index in [1.807, 2.05) is 24.3 Å². The van der Waals surface area contributed by atoms with Crippen molar-refractivity contribution in [3.8, 4) is 0 Å². The lowest BCUT2D eigenvalue weighted by molar-refractivity contribution is 0.103. The molecule has 0 spiro atoms. The molecule has 0 saturated heterocycles. The Bertz CT molecular complexity index is 497. The number of carbonyl (C=O) groups excluding carboxylic acids is 1. The van der Waals surface area contributed by atoms with Crippen molar-refractivity contribution in [2.24, 2.45) is 0 Å². The van der Waals surface area contributed by atoms with Crippen LogP contribution in [0.4, 0.5) is 0 Å². The summed E-state index contributed by atoms with van der Waals surface area (Å²) < 4.78 is 5.53. The van der Waals surface area contributed by atoms with Crippen molar-refractivity contribution in [1.29, 1.82) is 0 Å². The highest BCUT2D eigenvalue weighted by Gasteiger charge is 2.14. The lowest BCUT2D eigenvalue weighted by atomic mass is 10.0. The van der Waals surface area contributed by atoms with Gasteiger partial charge in [0.05, 0.1) is 11.8 Å². The number of carbonyl (C=O) groups is 1. The highest BCUT2D eigenvalue weighted by Crippen LogP contribution is 2.21. The van der Waals surface area contributed by atoms with Crippen LogP contribution in [-0.4, -0.2) is 5.78 Å². The van der Waals surface area contributed by atoms with Gasteiger partial charge in [-0.15, -0.1) is 0 Å².